The monoisotopic (exact) mass is 372 g/mol. The lowest BCUT2D eigenvalue weighted by molar-refractivity contribution is 0.281. The highest BCUT2D eigenvalue weighted by Gasteiger charge is 2.07. The van der Waals surface area contributed by atoms with E-state index in [0.29, 0.717) is 13.2 Å². The van der Waals surface area contributed by atoms with Gasteiger partial charge in [-0.3, -0.25) is 4.99 Å². The highest BCUT2D eigenvalue weighted by molar-refractivity contribution is 5.79. The summed E-state index contributed by atoms with van der Waals surface area (Å²) >= 11 is 0. The molecule has 0 aliphatic carbocycles. The molecule has 148 valence electrons. The van der Waals surface area contributed by atoms with E-state index in [-0.39, 0.29) is 0 Å². The molecule has 0 aliphatic rings. The fraction of sp³-hybridized carbons (Fsp3) is 0.550. The van der Waals surface area contributed by atoms with Gasteiger partial charge in [-0.1, -0.05) is 13.0 Å². The van der Waals surface area contributed by atoms with Crippen LogP contribution in [0, 0.1) is 13.8 Å². The number of hydrogen-bond acceptors (Lipinski definition) is 4. The Hall–Kier alpha value is -2.57. The normalized spacial score (nSPS) is 11.5. The Morgan fingerprint density at radius 1 is 1.22 bits per heavy atom. The van der Waals surface area contributed by atoms with E-state index in [4.69, 9.17) is 9.73 Å². The third kappa shape index (κ3) is 6.58. The van der Waals surface area contributed by atoms with E-state index >= 15 is 0 Å². The predicted molar refractivity (Wildman–Crippen MR) is 109 cm³/mol. The van der Waals surface area contributed by atoms with Crippen LogP contribution in [-0.4, -0.2) is 58.9 Å². The molecular weight excluding hydrogens is 340 g/mol. The third-order valence-electron chi connectivity index (χ3n) is 4.20. The Balaban J connectivity index is 1.86. The molecule has 2 aromatic rings. The zero-order valence-electron chi connectivity index (χ0n) is 17.2. The van der Waals surface area contributed by atoms with Gasteiger partial charge in [0.2, 0.25) is 0 Å². The molecule has 0 saturated carbocycles. The lowest BCUT2D eigenvalue weighted by atomic mass is 10.1. The fourth-order valence-electron chi connectivity index (χ4n) is 2.90. The summed E-state index contributed by atoms with van der Waals surface area (Å²) in [6.07, 6.45) is 2.64. The molecule has 0 atom stereocenters. The number of nitrogens with zero attached hydrogens (tertiary/aromatic N) is 5. The summed E-state index contributed by atoms with van der Waals surface area (Å²) in [5.74, 6) is 2.79. The number of guanidine groups is 1. The number of rotatable bonds is 9. The second-order valence-corrected chi connectivity index (χ2v) is 6.62. The average Bonchev–Trinajstić information content (AvgIpc) is 3.07. The van der Waals surface area contributed by atoms with Crippen molar-refractivity contribution in [1.29, 1.82) is 0 Å². The quantitative estimate of drug-likeness (QED) is 0.541. The van der Waals surface area contributed by atoms with Crippen molar-refractivity contribution < 1.29 is 4.74 Å². The maximum atomic E-state index is 5.92. The molecule has 0 amide bonds. The molecular formula is C20H32N6O. The molecule has 7 nitrogen and oxygen atoms in total. The van der Waals surface area contributed by atoms with Crippen molar-refractivity contribution in [2.75, 3.05) is 33.3 Å². The fourth-order valence-corrected chi connectivity index (χ4v) is 2.90. The first-order chi connectivity index (χ1) is 13.0. The number of benzene rings is 1. The minimum atomic E-state index is 0.606. The Morgan fingerprint density at radius 3 is 2.63 bits per heavy atom. The molecule has 0 saturated heterocycles. The molecule has 7 heteroatoms. The van der Waals surface area contributed by atoms with Crippen LogP contribution in [0.25, 0.3) is 0 Å². The Morgan fingerprint density at radius 2 is 1.96 bits per heavy atom. The van der Waals surface area contributed by atoms with Gasteiger partial charge in [0.05, 0.1) is 13.1 Å². The van der Waals surface area contributed by atoms with Crippen LogP contribution in [0.1, 0.15) is 30.8 Å². The van der Waals surface area contributed by atoms with Crippen molar-refractivity contribution in [3.05, 3.63) is 41.5 Å². The van der Waals surface area contributed by atoms with Crippen LogP contribution in [0.3, 0.4) is 0 Å². The first kappa shape index (κ1) is 20.7. The van der Waals surface area contributed by atoms with Gasteiger partial charge in [0, 0.05) is 26.6 Å². The number of nitrogens with one attached hydrogen (secondary N) is 1. The first-order valence-corrected chi connectivity index (χ1v) is 9.60. The molecule has 0 aliphatic heterocycles. The number of aliphatic imine (C=N–C) groups is 1. The number of aryl methyl sites for hydroxylation is 3. The van der Waals surface area contributed by atoms with Crippen LogP contribution in [0.2, 0.25) is 0 Å². The van der Waals surface area contributed by atoms with Crippen LogP contribution >= 0.6 is 0 Å². The van der Waals surface area contributed by atoms with Crippen molar-refractivity contribution in [3.63, 3.8) is 0 Å². The summed E-state index contributed by atoms with van der Waals surface area (Å²) in [7, 11) is 2.03. The zero-order valence-corrected chi connectivity index (χ0v) is 17.2. The van der Waals surface area contributed by atoms with E-state index < -0.39 is 0 Å². The highest BCUT2D eigenvalue weighted by atomic mass is 16.5. The van der Waals surface area contributed by atoms with Gasteiger partial charge >= 0.3 is 0 Å². The Kier molecular flexibility index (Phi) is 8.10. The van der Waals surface area contributed by atoms with Crippen molar-refractivity contribution in [2.45, 2.75) is 40.7 Å². The average molecular weight is 373 g/mol. The van der Waals surface area contributed by atoms with E-state index in [1.165, 1.54) is 11.1 Å². The van der Waals surface area contributed by atoms with Gasteiger partial charge in [-0.25, -0.2) is 0 Å². The van der Waals surface area contributed by atoms with Crippen LogP contribution < -0.4 is 10.1 Å². The topological polar surface area (TPSA) is 67.6 Å². The Labute approximate surface area is 162 Å². The molecule has 1 aromatic heterocycles. The van der Waals surface area contributed by atoms with E-state index in [2.05, 4.69) is 70.9 Å². The van der Waals surface area contributed by atoms with Gasteiger partial charge < -0.3 is 19.5 Å². The molecule has 1 N–H and O–H groups in total. The van der Waals surface area contributed by atoms with Gasteiger partial charge in [-0.15, -0.1) is 10.2 Å². The molecule has 2 rings (SSSR count). The van der Waals surface area contributed by atoms with Gasteiger partial charge in [-0.05, 0) is 44.0 Å². The van der Waals surface area contributed by atoms with Crippen LogP contribution in [0.5, 0.6) is 5.75 Å². The smallest absolute Gasteiger partial charge is 0.193 e. The summed E-state index contributed by atoms with van der Waals surface area (Å²) in [6.45, 7) is 12.0. The minimum Gasteiger partial charge on any atom is -0.492 e. The lowest BCUT2D eigenvalue weighted by Gasteiger charge is -2.22. The van der Waals surface area contributed by atoms with E-state index in [1.807, 2.05) is 7.05 Å². The van der Waals surface area contributed by atoms with E-state index in [9.17, 15) is 0 Å². The number of likely N-dealkylation sites (N-methyl/N-ethyl adjacent to an activating group) is 1. The molecule has 0 radical (unpaired) electrons. The molecule has 1 aromatic carbocycles. The van der Waals surface area contributed by atoms with Gasteiger partial charge in [-0.2, -0.15) is 0 Å². The molecule has 0 bridgehead atoms. The standard InChI is InChI=1S/C20H32N6O/c1-6-19-24-23-15-26(19)9-8-22-20(21-7-2)25(5)10-11-27-18-13-16(3)12-17(4)14-18/h12-15H,6-11H2,1-5H3,(H,21,22). The van der Waals surface area contributed by atoms with Gasteiger partial charge in [0.25, 0.3) is 0 Å². The first-order valence-electron chi connectivity index (χ1n) is 9.60. The minimum absolute atomic E-state index is 0.606. The molecule has 1 heterocycles. The van der Waals surface area contributed by atoms with Crippen molar-refractivity contribution >= 4 is 5.96 Å². The number of aromatic nitrogens is 3. The predicted octanol–water partition coefficient (Wildman–Crippen LogP) is 2.43. The summed E-state index contributed by atoms with van der Waals surface area (Å²) in [4.78, 5) is 6.81. The second kappa shape index (κ2) is 10.5. The lowest BCUT2D eigenvalue weighted by Crippen LogP contribution is -2.41. The van der Waals surface area contributed by atoms with Gasteiger partial charge in [0.15, 0.2) is 5.96 Å². The van der Waals surface area contributed by atoms with Gasteiger partial charge in [0.1, 0.15) is 24.5 Å². The van der Waals surface area contributed by atoms with Crippen molar-refractivity contribution in [2.24, 2.45) is 4.99 Å². The second-order valence-electron chi connectivity index (χ2n) is 6.62. The summed E-state index contributed by atoms with van der Waals surface area (Å²) in [6, 6.07) is 6.28. The largest absolute Gasteiger partial charge is 0.492 e. The maximum Gasteiger partial charge on any atom is 0.193 e. The van der Waals surface area contributed by atoms with Crippen molar-refractivity contribution in [1.82, 2.24) is 25.0 Å². The van der Waals surface area contributed by atoms with Crippen LogP contribution in [0.15, 0.2) is 29.5 Å². The van der Waals surface area contributed by atoms with E-state index in [1.54, 1.807) is 6.33 Å². The highest BCUT2D eigenvalue weighted by Crippen LogP contribution is 2.16. The van der Waals surface area contributed by atoms with Crippen molar-refractivity contribution in [3.8, 4) is 5.75 Å². The summed E-state index contributed by atoms with van der Waals surface area (Å²) in [5.41, 5.74) is 2.43. The SMILES string of the molecule is CCNC(=NCCn1cnnc1CC)N(C)CCOc1cc(C)cc(C)c1. The van der Waals surface area contributed by atoms with E-state index in [0.717, 1.165) is 43.6 Å². The Bertz CT molecular complexity index is 720. The number of hydrogen-bond donors (Lipinski definition) is 1. The van der Waals surface area contributed by atoms with Crippen LogP contribution in [0.4, 0.5) is 0 Å². The molecule has 0 unspecified atom stereocenters. The van der Waals surface area contributed by atoms with Crippen LogP contribution in [-0.2, 0) is 13.0 Å². The zero-order chi connectivity index (χ0) is 19.6. The summed E-state index contributed by atoms with van der Waals surface area (Å²) in [5, 5.41) is 11.4. The summed E-state index contributed by atoms with van der Waals surface area (Å²) < 4.78 is 7.97. The maximum absolute atomic E-state index is 5.92. The number of ether oxygens (including phenoxy) is 1. The molecule has 27 heavy (non-hydrogen) atoms. The molecule has 0 fully saturated rings. The molecule has 0 spiro atoms. The third-order valence-corrected chi connectivity index (χ3v) is 4.20.